The maximum absolute atomic E-state index is 5.07. The highest BCUT2D eigenvalue weighted by Gasteiger charge is 2.18. The Labute approximate surface area is 317 Å². The van der Waals surface area contributed by atoms with Crippen LogP contribution >= 0.6 is 0 Å². The summed E-state index contributed by atoms with van der Waals surface area (Å²) in [4.78, 5) is 5.07. The Morgan fingerprint density at radius 2 is 0.818 bits per heavy atom. The predicted octanol–water partition coefficient (Wildman–Crippen LogP) is 14.4. The molecule has 254 valence electrons. The third-order valence-electron chi connectivity index (χ3n) is 11.7. The van der Waals surface area contributed by atoms with Crippen molar-refractivity contribution in [1.29, 1.82) is 0 Å². The maximum atomic E-state index is 5.07. The summed E-state index contributed by atoms with van der Waals surface area (Å²) < 4.78 is 2.25. The average Bonchev–Trinajstić information content (AvgIpc) is 3.65. The van der Waals surface area contributed by atoms with Crippen molar-refractivity contribution in [3.05, 3.63) is 194 Å². The molecular formula is C53H32N2. The highest BCUT2D eigenvalue weighted by atomic mass is 15.1. The van der Waals surface area contributed by atoms with Gasteiger partial charge in [0, 0.05) is 11.3 Å². The molecule has 0 aliphatic heterocycles. The molecule has 0 unspecified atom stereocenters. The zero-order valence-corrected chi connectivity index (χ0v) is 29.9. The van der Waals surface area contributed by atoms with Crippen molar-refractivity contribution < 1.29 is 0 Å². The minimum Gasteiger partial charge on any atom is -0.292 e. The molecule has 2 nitrogen and oxygen atoms in total. The number of fused-ring (bicyclic) bond motifs is 3. The van der Waals surface area contributed by atoms with Gasteiger partial charge in [0.25, 0.3) is 0 Å². The van der Waals surface area contributed by atoms with Gasteiger partial charge in [0.05, 0.1) is 11.0 Å². The van der Waals surface area contributed by atoms with Crippen LogP contribution in [0.15, 0.2) is 194 Å². The van der Waals surface area contributed by atoms with Gasteiger partial charge in [-0.1, -0.05) is 164 Å². The van der Waals surface area contributed by atoms with Crippen molar-refractivity contribution in [2.45, 2.75) is 0 Å². The van der Waals surface area contributed by atoms with Gasteiger partial charge in [-0.15, -0.1) is 0 Å². The topological polar surface area (TPSA) is 17.8 Å². The van der Waals surface area contributed by atoms with Gasteiger partial charge in [0.15, 0.2) is 0 Å². The molecule has 0 saturated heterocycles. The first-order valence-electron chi connectivity index (χ1n) is 19.0. The molecule has 1 heterocycles. The summed E-state index contributed by atoms with van der Waals surface area (Å²) in [5.74, 6) is 0.941. The van der Waals surface area contributed by atoms with Gasteiger partial charge in [-0.3, -0.25) is 4.57 Å². The summed E-state index contributed by atoms with van der Waals surface area (Å²) in [7, 11) is 0. The first-order valence-corrected chi connectivity index (χ1v) is 19.0. The molecule has 1 aromatic heterocycles. The molecule has 12 rings (SSSR count). The molecule has 0 radical (unpaired) electrons. The number of hydrogen-bond donors (Lipinski definition) is 0. The monoisotopic (exact) mass is 696 g/mol. The molecule has 12 aromatic rings. The van der Waals surface area contributed by atoms with Gasteiger partial charge >= 0.3 is 0 Å². The molecule has 55 heavy (non-hydrogen) atoms. The second-order valence-electron chi connectivity index (χ2n) is 14.7. The van der Waals surface area contributed by atoms with Gasteiger partial charge in [-0.25, -0.2) is 4.98 Å². The van der Waals surface area contributed by atoms with Crippen molar-refractivity contribution in [3.63, 3.8) is 0 Å². The summed E-state index contributed by atoms with van der Waals surface area (Å²) in [6.07, 6.45) is 0. The van der Waals surface area contributed by atoms with Crippen molar-refractivity contribution >= 4 is 75.7 Å². The minimum atomic E-state index is 0.941. The van der Waals surface area contributed by atoms with E-state index in [1.54, 1.807) is 0 Å². The first kappa shape index (κ1) is 30.2. The normalized spacial score (nSPS) is 12.0. The third-order valence-corrected chi connectivity index (χ3v) is 11.7. The van der Waals surface area contributed by atoms with E-state index in [4.69, 9.17) is 4.98 Å². The van der Waals surface area contributed by atoms with E-state index in [0.717, 1.165) is 28.1 Å². The lowest BCUT2D eigenvalue weighted by Crippen LogP contribution is -1.97. The molecule has 0 fully saturated rings. The number of rotatable bonds is 4. The second kappa shape index (κ2) is 11.6. The van der Waals surface area contributed by atoms with Crippen LogP contribution in [0.25, 0.3) is 115 Å². The summed E-state index contributed by atoms with van der Waals surface area (Å²) in [6, 6.07) is 71.0. The van der Waals surface area contributed by atoms with Crippen LogP contribution in [0.2, 0.25) is 0 Å². The molecule has 0 spiro atoms. The van der Waals surface area contributed by atoms with Gasteiger partial charge in [0.2, 0.25) is 0 Å². The Bertz CT molecular complexity index is 3450. The molecule has 11 aromatic carbocycles. The Hall–Kier alpha value is -7.29. The summed E-state index contributed by atoms with van der Waals surface area (Å²) in [5.41, 5.74) is 9.10. The SMILES string of the molecule is c1ccc(-n2c(-c3ccc(-c4ccc(-c5cc6cccc7c8cccc9ccc%10cccc(c%11cccc5c%11c67)c%10c98)cc4)cc3)nc3ccccc32)cc1. The van der Waals surface area contributed by atoms with E-state index >= 15 is 0 Å². The van der Waals surface area contributed by atoms with E-state index in [9.17, 15) is 0 Å². The van der Waals surface area contributed by atoms with E-state index in [2.05, 4.69) is 199 Å². The molecule has 0 aliphatic rings. The summed E-state index contributed by atoms with van der Waals surface area (Å²) >= 11 is 0. The highest BCUT2D eigenvalue weighted by Crippen LogP contribution is 2.45. The number of hydrogen-bond acceptors (Lipinski definition) is 1. The smallest absolute Gasteiger partial charge is 0.145 e. The first-order chi connectivity index (χ1) is 27.3. The standard InChI is InChI=1S/C53H32N2/c1-2-13-40(14-3-1)55-48-21-5-4-20-47(48)54-53(55)38-30-24-34(25-31-38)33-22-26-35(27-23-33)46-32-39-12-8-17-42-41-15-6-10-36-28-29-37-11-7-16-43(50(37)49(36)41)44-18-9-19-45(46)52(44)51(39)42/h1-32H. The molecule has 0 amide bonds. The zero-order chi connectivity index (χ0) is 36.0. The fraction of sp³-hybridized carbons (Fsp3) is 0. The number of aromatic nitrogens is 2. The molecule has 0 aliphatic carbocycles. The lowest BCUT2D eigenvalue weighted by molar-refractivity contribution is 1.10. The van der Waals surface area contributed by atoms with E-state index in [-0.39, 0.29) is 0 Å². The summed E-state index contributed by atoms with van der Waals surface area (Å²) in [6.45, 7) is 0. The Morgan fingerprint density at radius 1 is 0.327 bits per heavy atom. The molecule has 0 N–H and O–H groups in total. The van der Waals surface area contributed by atoms with E-state index in [1.165, 1.54) is 86.9 Å². The van der Waals surface area contributed by atoms with Crippen LogP contribution in [-0.4, -0.2) is 9.55 Å². The van der Waals surface area contributed by atoms with Crippen LogP contribution in [0.4, 0.5) is 0 Å². The number of nitrogens with zero attached hydrogens (tertiary/aromatic N) is 2. The third kappa shape index (κ3) is 4.46. The number of para-hydroxylation sites is 3. The van der Waals surface area contributed by atoms with Crippen LogP contribution in [0, 0.1) is 0 Å². The lowest BCUT2D eigenvalue weighted by atomic mass is 9.85. The quantitative estimate of drug-likeness (QED) is 0.168. The molecule has 2 heteroatoms. The van der Waals surface area contributed by atoms with Crippen LogP contribution in [0.3, 0.4) is 0 Å². The maximum Gasteiger partial charge on any atom is 0.145 e. The van der Waals surface area contributed by atoms with E-state index < -0.39 is 0 Å². The van der Waals surface area contributed by atoms with Gasteiger partial charge in [-0.05, 0) is 117 Å². The molecule has 0 bridgehead atoms. The lowest BCUT2D eigenvalue weighted by Gasteiger charge is -2.18. The Kier molecular flexibility index (Phi) is 6.37. The van der Waals surface area contributed by atoms with Crippen molar-refractivity contribution in [1.82, 2.24) is 9.55 Å². The van der Waals surface area contributed by atoms with Crippen LogP contribution < -0.4 is 0 Å². The predicted molar refractivity (Wildman–Crippen MR) is 234 cm³/mol. The minimum absolute atomic E-state index is 0.941. The van der Waals surface area contributed by atoms with Gasteiger partial charge < -0.3 is 0 Å². The largest absolute Gasteiger partial charge is 0.292 e. The zero-order valence-electron chi connectivity index (χ0n) is 29.9. The fourth-order valence-electron chi connectivity index (χ4n) is 9.25. The van der Waals surface area contributed by atoms with E-state index in [1.807, 2.05) is 0 Å². The molecular weight excluding hydrogens is 665 g/mol. The Morgan fingerprint density at radius 3 is 1.47 bits per heavy atom. The molecule has 0 saturated carbocycles. The highest BCUT2D eigenvalue weighted by molar-refractivity contribution is 6.37. The number of benzene rings is 10. The van der Waals surface area contributed by atoms with Crippen molar-refractivity contribution in [3.8, 4) is 39.3 Å². The van der Waals surface area contributed by atoms with Crippen molar-refractivity contribution in [2.75, 3.05) is 0 Å². The van der Waals surface area contributed by atoms with Crippen molar-refractivity contribution in [2.24, 2.45) is 0 Å². The fourth-order valence-corrected chi connectivity index (χ4v) is 9.25. The molecule has 0 atom stereocenters. The van der Waals surface area contributed by atoms with Gasteiger partial charge in [-0.2, -0.15) is 0 Å². The summed E-state index contributed by atoms with van der Waals surface area (Å²) in [5, 5.41) is 15.6. The van der Waals surface area contributed by atoms with Gasteiger partial charge in [0.1, 0.15) is 5.82 Å². The van der Waals surface area contributed by atoms with E-state index in [0.29, 0.717) is 0 Å². The number of imidazole rings is 1. The Balaban J connectivity index is 1.01. The van der Waals surface area contributed by atoms with Crippen LogP contribution in [0.1, 0.15) is 0 Å². The average molecular weight is 697 g/mol. The van der Waals surface area contributed by atoms with Crippen LogP contribution in [-0.2, 0) is 0 Å². The second-order valence-corrected chi connectivity index (χ2v) is 14.7. The van der Waals surface area contributed by atoms with Crippen LogP contribution in [0.5, 0.6) is 0 Å².